The maximum Gasteiger partial charge on any atom is 0.0164 e. The highest BCUT2D eigenvalue weighted by Crippen LogP contribution is 2.25. The Morgan fingerprint density at radius 2 is 1.82 bits per heavy atom. The highest BCUT2D eigenvalue weighted by atomic mass is 15.1. The first-order chi connectivity index (χ1) is 8.31. The van der Waals surface area contributed by atoms with Crippen molar-refractivity contribution in [2.24, 2.45) is 5.92 Å². The van der Waals surface area contributed by atoms with Gasteiger partial charge in [-0.15, -0.1) is 13.2 Å². The van der Waals surface area contributed by atoms with E-state index in [4.69, 9.17) is 0 Å². The Bertz CT molecular complexity index is 213. The monoisotopic (exact) mass is 236 g/mol. The van der Waals surface area contributed by atoms with Gasteiger partial charge in [0.1, 0.15) is 0 Å². The molecule has 2 atom stereocenters. The molecule has 0 aromatic heterocycles. The fraction of sp³-hybridized carbons (Fsp3) is 0.733. The minimum absolute atomic E-state index is 0.714. The molecule has 0 aromatic carbocycles. The van der Waals surface area contributed by atoms with E-state index in [9.17, 15) is 0 Å². The number of hydrogen-bond donors (Lipinski definition) is 1. The van der Waals surface area contributed by atoms with Crippen molar-refractivity contribution in [2.45, 2.75) is 38.6 Å². The molecule has 17 heavy (non-hydrogen) atoms. The van der Waals surface area contributed by atoms with E-state index in [2.05, 4.69) is 30.3 Å². The Balaban J connectivity index is 2.48. The van der Waals surface area contributed by atoms with Gasteiger partial charge in [0.25, 0.3) is 0 Å². The van der Waals surface area contributed by atoms with Crippen LogP contribution in [-0.2, 0) is 0 Å². The quantitative estimate of drug-likeness (QED) is 0.652. The van der Waals surface area contributed by atoms with Crippen molar-refractivity contribution >= 4 is 0 Å². The summed E-state index contributed by atoms with van der Waals surface area (Å²) in [6.45, 7) is 14.1. The molecule has 0 saturated heterocycles. The zero-order valence-electron chi connectivity index (χ0n) is 11.3. The smallest absolute Gasteiger partial charge is 0.0164 e. The van der Waals surface area contributed by atoms with E-state index in [1.807, 2.05) is 12.2 Å². The number of hydrogen-bond acceptors (Lipinski definition) is 2. The van der Waals surface area contributed by atoms with Crippen LogP contribution in [0.5, 0.6) is 0 Å². The van der Waals surface area contributed by atoms with Gasteiger partial charge in [0.2, 0.25) is 0 Å². The topological polar surface area (TPSA) is 15.3 Å². The lowest BCUT2D eigenvalue weighted by Crippen LogP contribution is -2.44. The average Bonchev–Trinajstić information content (AvgIpc) is 2.33. The summed E-state index contributed by atoms with van der Waals surface area (Å²) in [5, 5.41) is 3.65. The summed E-state index contributed by atoms with van der Waals surface area (Å²) in [6.07, 6.45) is 9.47. The van der Waals surface area contributed by atoms with Crippen LogP contribution in [0.4, 0.5) is 0 Å². The molecule has 2 heteroatoms. The second-order valence-corrected chi connectivity index (χ2v) is 5.00. The number of nitrogens with one attached hydrogen (secondary N) is 1. The third kappa shape index (κ3) is 5.05. The third-order valence-electron chi connectivity index (χ3n) is 3.64. The molecule has 0 bridgehead atoms. The van der Waals surface area contributed by atoms with Crippen molar-refractivity contribution in [3.63, 3.8) is 0 Å². The molecule has 0 amide bonds. The maximum atomic E-state index is 3.84. The summed E-state index contributed by atoms with van der Waals surface area (Å²) in [7, 11) is 0. The molecule has 1 aliphatic carbocycles. The molecule has 1 N–H and O–H groups in total. The molecule has 1 aliphatic rings. The molecule has 2 unspecified atom stereocenters. The molecule has 1 rings (SSSR count). The molecule has 0 aromatic rings. The van der Waals surface area contributed by atoms with E-state index in [1.54, 1.807) is 0 Å². The van der Waals surface area contributed by atoms with Crippen LogP contribution in [0.2, 0.25) is 0 Å². The van der Waals surface area contributed by atoms with Crippen LogP contribution in [0.3, 0.4) is 0 Å². The predicted octanol–water partition coefficient (Wildman–Crippen LogP) is 2.83. The first kappa shape index (κ1) is 14.5. The zero-order valence-corrected chi connectivity index (χ0v) is 11.3. The van der Waals surface area contributed by atoms with Crippen LogP contribution >= 0.6 is 0 Å². The van der Waals surface area contributed by atoms with Crippen molar-refractivity contribution in [3.05, 3.63) is 25.3 Å². The van der Waals surface area contributed by atoms with Gasteiger partial charge in [-0.05, 0) is 25.3 Å². The second kappa shape index (κ2) is 8.48. The predicted molar refractivity (Wildman–Crippen MR) is 76.3 cm³/mol. The van der Waals surface area contributed by atoms with Crippen LogP contribution < -0.4 is 5.32 Å². The van der Waals surface area contributed by atoms with Gasteiger partial charge in [-0.1, -0.05) is 31.9 Å². The molecular weight excluding hydrogens is 208 g/mol. The highest BCUT2D eigenvalue weighted by Gasteiger charge is 2.25. The van der Waals surface area contributed by atoms with Crippen LogP contribution in [0.25, 0.3) is 0 Å². The number of rotatable bonds is 8. The Morgan fingerprint density at radius 3 is 2.41 bits per heavy atom. The van der Waals surface area contributed by atoms with E-state index >= 15 is 0 Å². The molecule has 2 nitrogen and oxygen atoms in total. The summed E-state index contributed by atoms with van der Waals surface area (Å²) >= 11 is 0. The van der Waals surface area contributed by atoms with Crippen molar-refractivity contribution in [1.82, 2.24) is 10.2 Å². The van der Waals surface area contributed by atoms with Crippen molar-refractivity contribution in [2.75, 3.05) is 26.2 Å². The summed E-state index contributed by atoms with van der Waals surface area (Å²) in [4.78, 5) is 2.44. The van der Waals surface area contributed by atoms with Crippen molar-refractivity contribution < 1.29 is 0 Å². The highest BCUT2D eigenvalue weighted by molar-refractivity contribution is 4.86. The lowest BCUT2D eigenvalue weighted by Gasteiger charge is -2.35. The van der Waals surface area contributed by atoms with Gasteiger partial charge in [-0.2, -0.15) is 0 Å². The Labute approximate surface area is 107 Å². The third-order valence-corrected chi connectivity index (χ3v) is 3.64. The Kier molecular flexibility index (Phi) is 7.22. The standard InChI is InChI=1S/C15H28N2/c1-4-11-17(12-5-2)13-14-9-7-8-10-15(14)16-6-3/h4-5,14-16H,1-2,6-13H2,3H3. The van der Waals surface area contributed by atoms with Crippen LogP contribution in [0, 0.1) is 5.92 Å². The second-order valence-electron chi connectivity index (χ2n) is 5.00. The summed E-state index contributed by atoms with van der Waals surface area (Å²) in [5.41, 5.74) is 0. The minimum Gasteiger partial charge on any atom is -0.314 e. The van der Waals surface area contributed by atoms with E-state index in [1.165, 1.54) is 32.2 Å². The zero-order chi connectivity index (χ0) is 12.5. The van der Waals surface area contributed by atoms with Crippen molar-refractivity contribution in [1.29, 1.82) is 0 Å². The fourth-order valence-electron chi connectivity index (χ4n) is 2.88. The van der Waals surface area contributed by atoms with E-state index in [-0.39, 0.29) is 0 Å². The maximum absolute atomic E-state index is 3.84. The van der Waals surface area contributed by atoms with Gasteiger partial charge in [0.05, 0.1) is 0 Å². The Hall–Kier alpha value is -0.600. The van der Waals surface area contributed by atoms with E-state index < -0.39 is 0 Å². The van der Waals surface area contributed by atoms with Gasteiger partial charge < -0.3 is 5.32 Å². The Morgan fingerprint density at radius 1 is 1.18 bits per heavy atom. The van der Waals surface area contributed by atoms with Crippen LogP contribution in [-0.4, -0.2) is 37.1 Å². The van der Waals surface area contributed by atoms with E-state index in [0.29, 0.717) is 6.04 Å². The summed E-state index contributed by atoms with van der Waals surface area (Å²) in [6, 6.07) is 0.714. The number of nitrogens with zero attached hydrogens (tertiary/aromatic N) is 1. The normalized spacial score (nSPS) is 24.8. The minimum atomic E-state index is 0.714. The molecule has 1 fully saturated rings. The summed E-state index contributed by atoms with van der Waals surface area (Å²) < 4.78 is 0. The molecule has 0 radical (unpaired) electrons. The first-order valence-electron chi connectivity index (χ1n) is 6.99. The molecule has 1 saturated carbocycles. The van der Waals surface area contributed by atoms with Gasteiger partial charge in [-0.25, -0.2) is 0 Å². The fourth-order valence-corrected chi connectivity index (χ4v) is 2.88. The largest absolute Gasteiger partial charge is 0.314 e. The molecule has 0 aliphatic heterocycles. The van der Waals surface area contributed by atoms with Gasteiger partial charge in [0, 0.05) is 25.7 Å². The molecule has 98 valence electrons. The molecule has 0 spiro atoms. The van der Waals surface area contributed by atoms with E-state index in [0.717, 1.165) is 25.6 Å². The SMILES string of the molecule is C=CCN(CC=C)CC1CCCCC1NCC. The molecular formula is C15H28N2. The lowest BCUT2D eigenvalue weighted by atomic mass is 9.84. The van der Waals surface area contributed by atoms with Gasteiger partial charge in [0.15, 0.2) is 0 Å². The van der Waals surface area contributed by atoms with Crippen LogP contribution in [0.1, 0.15) is 32.6 Å². The average molecular weight is 236 g/mol. The van der Waals surface area contributed by atoms with Gasteiger partial charge in [-0.3, -0.25) is 4.90 Å². The van der Waals surface area contributed by atoms with Gasteiger partial charge >= 0.3 is 0 Å². The lowest BCUT2D eigenvalue weighted by molar-refractivity contribution is 0.189. The first-order valence-corrected chi connectivity index (χ1v) is 6.99. The van der Waals surface area contributed by atoms with Crippen LogP contribution in [0.15, 0.2) is 25.3 Å². The molecule has 0 heterocycles. The summed E-state index contributed by atoms with van der Waals surface area (Å²) in [5.74, 6) is 0.795. The van der Waals surface area contributed by atoms with Crippen molar-refractivity contribution in [3.8, 4) is 0 Å².